The first-order valence-corrected chi connectivity index (χ1v) is 14.4. The van der Waals surface area contributed by atoms with Gasteiger partial charge in [-0.15, -0.1) is 10.2 Å². The number of anilines is 1. The van der Waals surface area contributed by atoms with Gasteiger partial charge in [0.2, 0.25) is 0 Å². The molecule has 0 saturated heterocycles. The molecular weight excluding hydrogens is 573 g/mol. The summed E-state index contributed by atoms with van der Waals surface area (Å²) in [7, 11) is -4.05. The number of nitrogens with one attached hydrogen (secondary N) is 2. The molecule has 0 atom stereocenters. The average Bonchev–Trinajstić information content (AvgIpc) is 3.59. The molecule has 0 aliphatic heterocycles. The molecule has 2 heterocycles. The van der Waals surface area contributed by atoms with Crippen LogP contribution in [0.25, 0.3) is 16.8 Å². The van der Waals surface area contributed by atoms with Gasteiger partial charge in [-0.25, -0.2) is 17.9 Å². The molecule has 0 saturated carbocycles. The number of sulfonamides is 1. The molecular formula is C27H25F3N8O3S. The summed E-state index contributed by atoms with van der Waals surface area (Å²) >= 11 is 0. The summed E-state index contributed by atoms with van der Waals surface area (Å²) in [5, 5.41) is 17.1. The zero-order valence-electron chi connectivity index (χ0n) is 22.2. The highest BCUT2D eigenvalue weighted by Crippen LogP contribution is 2.33. The van der Waals surface area contributed by atoms with E-state index in [9.17, 15) is 26.4 Å². The van der Waals surface area contributed by atoms with Crippen molar-refractivity contribution in [1.82, 2.24) is 35.0 Å². The van der Waals surface area contributed by atoms with Gasteiger partial charge in [-0.1, -0.05) is 73.0 Å². The first-order chi connectivity index (χ1) is 20.1. The van der Waals surface area contributed by atoms with E-state index in [1.807, 2.05) is 6.92 Å². The van der Waals surface area contributed by atoms with E-state index < -0.39 is 27.5 Å². The molecule has 15 heteroatoms. The number of hydrogen-bond donors (Lipinski definition) is 2. The topological polar surface area (TPSA) is 140 Å². The van der Waals surface area contributed by atoms with Crippen LogP contribution in [0.1, 0.15) is 36.7 Å². The Labute approximate surface area is 238 Å². The second-order valence-electron chi connectivity index (χ2n) is 9.35. The Bertz CT molecular complexity index is 1850. The van der Waals surface area contributed by atoms with Crippen molar-refractivity contribution in [2.45, 2.75) is 43.8 Å². The highest BCUT2D eigenvalue weighted by atomic mass is 32.2. The number of tetrazole rings is 1. The van der Waals surface area contributed by atoms with Gasteiger partial charge in [-0.2, -0.15) is 23.1 Å². The van der Waals surface area contributed by atoms with Gasteiger partial charge in [-0.05, 0) is 41.0 Å². The molecule has 0 bridgehead atoms. The molecule has 2 N–H and O–H groups in total. The minimum absolute atomic E-state index is 0.00905. The Morgan fingerprint density at radius 2 is 1.69 bits per heavy atom. The van der Waals surface area contributed by atoms with Crippen LogP contribution in [0.15, 0.2) is 82.5 Å². The molecule has 2 aromatic heterocycles. The molecule has 3 aromatic carbocycles. The van der Waals surface area contributed by atoms with Crippen molar-refractivity contribution in [2.75, 3.05) is 4.72 Å². The summed E-state index contributed by atoms with van der Waals surface area (Å²) in [5.41, 5.74) is -0.309. The first-order valence-electron chi connectivity index (χ1n) is 12.9. The number of aryl methyl sites for hydroxylation is 1. The SMILES string of the molecule is CCCCc1nn(-c2ccccc2C(F)(F)F)c(=O)n1Cc1ccc(-c2ccccc2S(=O)(=O)Nc2nn[nH]n2)cc1. The van der Waals surface area contributed by atoms with Crippen LogP contribution in [0, 0.1) is 0 Å². The molecule has 0 aliphatic rings. The Kier molecular flexibility index (Phi) is 7.93. The minimum Gasteiger partial charge on any atom is -0.274 e. The third-order valence-electron chi connectivity index (χ3n) is 6.48. The maximum absolute atomic E-state index is 13.7. The van der Waals surface area contributed by atoms with Gasteiger partial charge >= 0.3 is 11.9 Å². The maximum atomic E-state index is 13.7. The van der Waals surface area contributed by atoms with E-state index >= 15 is 0 Å². The van der Waals surface area contributed by atoms with E-state index in [0.717, 1.165) is 17.2 Å². The molecule has 0 fully saturated rings. The normalized spacial score (nSPS) is 12.0. The minimum atomic E-state index is -4.66. The summed E-state index contributed by atoms with van der Waals surface area (Å²) < 4.78 is 71.6. The number of nitrogens with zero attached hydrogens (tertiary/aromatic N) is 6. The van der Waals surface area contributed by atoms with Gasteiger partial charge in [0, 0.05) is 12.0 Å². The average molecular weight is 599 g/mol. The number of rotatable bonds is 10. The molecule has 5 aromatic rings. The van der Waals surface area contributed by atoms with Crippen LogP contribution in [0.2, 0.25) is 0 Å². The lowest BCUT2D eigenvalue weighted by Crippen LogP contribution is -2.26. The van der Waals surface area contributed by atoms with Gasteiger partial charge in [0.1, 0.15) is 5.82 Å². The third-order valence-corrected chi connectivity index (χ3v) is 7.87. The van der Waals surface area contributed by atoms with E-state index in [0.29, 0.717) is 35.4 Å². The van der Waals surface area contributed by atoms with Crippen molar-refractivity contribution in [2.24, 2.45) is 0 Å². The van der Waals surface area contributed by atoms with Crippen LogP contribution < -0.4 is 10.4 Å². The predicted octanol–water partition coefficient (Wildman–Crippen LogP) is 4.42. The second kappa shape index (κ2) is 11.6. The second-order valence-corrected chi connectivity index (χ2v) is 11.0. The number of aromatic amines is 1. The summed E-state index contributed by atoms with van der Waals surface area (Å²) in [5.74, 6) is 0.162. The fourth-order valence-electron chi connectivity index (χ4n) is 4.46. The van der Waals surface area contributed by atoms with Crippen molar-refractivity contribution < 1.29 is 21.6 Å². The van der Waals surface area contributed by atoms with E-state index in [1.165, 1.54) is 28.8 Å². The largest absolute Gasteiger partial charge is 0.418 e. The summed E-state index contributed by atoms with van der Waals surface area (Å²) in [6, 6.07) is 18.1. The molecule has 0 amide bonds. The monoisotopic (exact) mass is 598 g/mol. The lowest BCUT2D eigenvalue weighted by molar-refractivity contribution is -0.137. The number of benzene rings is 3. The van der Waals surface area contributed by atoms with Crippen LogP contribution in [-0.4, -0.2) is 43.4 Å². The smallest absolute Gasteiger partial charge is 0.274 e. The fraction of sp³-hybridized carbons (Fsp3) is 0.222. The summed E-state index contributed by atoms with van der Waals surface area (Å²) in [4.78, 5) is 13.4. The predicted molar refractivity (Wildman–Crippen MR) is 147 cm³/mol. The number of H-pyrrole nitrogens is 1. The third kappa shape index (κ3) is 5.95. The van der Waals surface area contributed by atoms with Gasteiger partial charge in [-0.3, -0.25) is 4.57 Å². The van der Waals surface area contributed by atoms with Crippen molar-refractivity contribution in [3.05, 3.63) is 100 Å². The van der Waals surface area contributed by atoms with Crippen molar-refractivity contribution in [3.8, 4) is 16.8 Å². The number of aromatic nitrogens is 7. The highest BCUT2D eigenvalue weighted by Gasteiger charge is 2.35. The number of alkyl halides is 3. The van der Waals surface area contributed by atoms with E-state index in [4.69, 9.17) is 0 Å². The molecule has 11 nitrogen and oxygen atoms in total. The van der Waals surface area contributed by atoms with E-state index in [-0.39, 0.29) is 23.1 Å². The van der Waals surface area contributed by atoms with Crippen molar-refractivity contribution in [1.29, 1.82) is 0 Å². The molecule has 0 unspecified atom stereocenters. The number of hydrogen-bond acceptors (Lipinski definition) is 7. The lowest BCUT2D eigenvalue weighted by atomic mass is 10.0. The molecule has 0 spiro atoms. The van der Waals surface area contributed by atoms with Gasteiger partial charge < -0.3 is 0 Å². The van der Waals surface area contributed by atoms with Gasteiger partial charge in [0.25, 0.3) is 16.0 Å². The number of para-hydroxylation sites is 1. The van der Waals surface area contributed by atoms with E-state index in [1.54, 1.807) is 42.5 Å². The molecule has 0 aliphatic carbocycles. The Hall–Kier alpha value is -4.79. The molecule has 5 rings (SSSR count). The van der Waals surface area contributed by atoms with Crippen molar-refractivity contribution >= 4 is 16.0 Å². The first kappa shape index (κ1) is 28.7. The Morgan fingerprint density at radius 3 is 2.38 bits per heavy atom. The zero-order valence-corrected chi connectivity index (χ0v) is 23.0. The van der Waals surface area contributed by atoms with E-state index in [2.05, 4.69) is 30.4 Å². The zero-order chi connectivity index (χ0) is 29.9. The van der Waals surface area contributed by atoms with Crippen LogP contribution >= 0.6 is 0 Å². The molecule has 42 heavy (non-hydrogen) atoms. The lowest BCUT2D eigenvalue weighted by Gasteiger charge is -2.12. The summed E-state index contributed by atoms with van der Waals surface area (Å²) in [6.07, 6.45) is -2.76. The summed E-state index contributed by atoms with van der Waals surface area (Å²) in [6.45, 7) is 2.03. The Balaban J connectivity index is 1.48. The van der Waals surface area contributed by atoms with Crippen LogP contribution in [-0.2, 0) is 29.2 Å². The standard InChI is InChI=1S/C27H25F3N8O3S/c1-2-3-12-24-33-38(22-10-6-5-9-21(22)27(28,29)30)26(39)37(24)17-18-13-15-19(16-14-18)20-8-4-7-11-23(20)42(40,41)34-25-31-35-36-32-25/h4-11,13-16H,2-3,12,17H2,1H3,(H2,31,32,34,35,36). The van der Waals surface area contributed by atoms with Crippen LogP contribution in [0.3, 0.4) is 0 Å². The number of unbranched alkanes of at least 4 members (excludes halogenated alkanes) is 1. The van der Waals surface area contributed by atoms with Crippen LogP contribution in [0.5, 0.6) is 0 Å². The number of halogens is 3. The van der Waals surface area contributed by atoms with Crippen LogP contribution in [0.4, 0.5) is 19.1 Å². The van der Waals surface area contributed by atoms with Crippen molar-refractivity contribution in [3.63, 3.8) is 0 Å². The quantitative estimate of drug-likeness (QED) is 0.242. The maximum Gasteiger partial charge on any atom is 0.418 e. The highest BCUT2D eigenvalue weighted by molar-refractivity contribution is 7.92. The fourth-order valence-corrected chi connectivity index (χ4v) is 5.63. The Morgan fingerprint density at radius 1 is 0.976 bits per heavy atom. The van der Waals surface area contributed by atoms with Gasteiger partial charge in [0.15, 0.2) is 0 Å². The molecule has 0 radical (unpaired) electrons. The van der Waals surface area contributed by atoms with Gasteiger partial charge in [0.05, 0.1) is 22.7 Å². The molecule has 218 valence electrons.